The molecule has 1 amide bonds. The zero-order valence-electron chi connectivity index (χ0n) is 9.22. The van der Waals surface area contributed by atoms with Gasteiger partial charge in [-0.2, -0.15) is 0 Å². The number of amides is 1. The molecule has 0 bridgehead atoms. The third-order valence-electron chi connectivity index (χ3n) is 3.09. The van der Waals surface area contributed by atoms with Crippen molar-refractivity contribution >= 4 is 21.8 Å². The number of nitrogens with one attached hydrogen (secondary N) is 2. The van der Waals surface area contributed by atoms with Gasteiger partial charge in [-0.15, -0.1) is 0 Å². The summed E-state index contributed by atoms with van der Waals surface area (Å²) >= 11 is 3.40. The van der Waals surface area contributed by atoms with Crippen molar-refractivity contribution < 1.29 is 4.79 Å². The first-order valence-corrected chi connectivity index (χ1v) is 6.28. The summed E-state index contributed by atoms with van der Waals surface area (Å²) in [5.74, 6) is 0.0728. The molecule has 0 aliphatic carbocycles. The summed E-state index contributed by atoms with van der Waals surface area (Å²) in [4.78, 5) is 12.0. The Morgan fingerprint density at radius 1 is 1.31 bits per heavy atom. The largest absolute Gasteiger partial charge is 0.353 e. The molecular formula is C12H15BrN2O. The number of piperazine rings is 1. The zero-order chi connectivity index (χ0) is 11.6. The fourth-order valence-corrected chi connectivity index (χ4v) is 2.40. The molecule has 1 aliphatic rings. The highest BCUT2D eigenvalue weighted by atomic mass is 79.9. The quantitative estimate of drug-likeness (QED) is 0.868. The van der Waals surface area contributed by atoms with E-state index in [1.807, 2.05) is 31.2 Å². The number of hydrogen-bond donors (Lipinski definition) is 2. The Morgan fingerprint density at radius 3 is 2.56 bits per heavy atom. The average molecular weight is 283 g/mol. The Labute approximate surface area is 104 Å². The predicted molar refractivity (Wildman–Crippen MR) is 67.1 cm³/mol. The normalized spacial score (nSPS) is 25.2. The number of carbonyl (C=O) groups is 1. The highest BCUT2D eigenvalue weighted by Crippen LogP contribution is 2.27. The van der Waals surface area contributed by atoms with Crippen LogP contribution in [0.2, 0.25) is 0 Å². The van der Waals surface area contributed by atoms with Crippen LogP contribution in [0.3, 0.4) is 0 Å². The van der Waals surface area contributed by atoms with Crippen molar-refractivity contribution in [1.82, 2.24) is 10.6 Å². The minimum absolute atomic E-state index is 0.0728. The molecule has 1 aromatic rings. The van der Waals surface area contributed by atoms with Crippen LogP contribution in [0.4, 0.5) is 0 Å². The van der Waals surface area contributed by atoms with Gasteiger partial charge in [0.1, 0.15) is 5.54 Å². The Hall–Kier alpha value is -0.870. The van der Waals surface area contributed by atoms with Crippen LogP contribution >= 0.6 is 15.9 Å². The molecule has 0 spiro atoms. The van der Waals surface area contributed by atoms with Crippen molar-refractivity contribution in [3.05, 3.63) is 34.3 Å². The van der Waals surface area contributed by atoms with Gasteiger partial charge in [0.15, 0.2) is 0 Å². The SMILES string of the molecule is CCC1(c2ccc(Br)cc2)NCCNC1=O. The molecule has 2 rings (SSSR count). The van der Waals surface area contributed by atoms with Gasteiger partial charge < -0.3 is 5.32 Å². The van der Waals surface area contributed by atoms with Crippen LogP contribution in [0.5, 0.6) is 0 Å². The maximum absolute atomic E-state index is 12.0. The fraction of sp³-hybridized carbons (Fsp3) is 0.417. The van der Waals surface area contributed by atoms with Crippen molar-refractivity contribution in [1.29, 1.82) is 0 Å². The molecule has 4 heteroatoms. The van der Waals surface area contributed by atoms with Crippen LogP contribution < -0.4 is 10.6 Å². The first-order valence-electron chi connectivity index (χ1n) is 5.48. The van der Waals surface area contributed by atoms with Crippen LogP contribution in [0.25, 0.3) is 0 Å². The van der Waals surface area contributed by atoms with Gasteiger partial charge in [-0.3, -0.25) is 10.1 Å². The fourth-order valence-electron chi connectivity index (χ4n) is 2.14. The van der Waals surface area contributed by atoms with Gasteiger partial charge in [-0.25, -0.2) is 0 Å². The van der Waals surface area contributed by atoms with Gasteiger partial charge in [0.25, 0.3) is 0 Å². The van der Waals surface area contributed by atoms with Gasteiger partial charge in [-0.05, 0) is 24.1 Å². The Kier molecular flexibility index (Phi) is 3.30. The van der Waals surface area contributed by atoms with E-state index in [1.54, 1.807) is 0 Å². The number of halogens is 1. The Balaban J connectivity index is 2.40. The molecule has 1 saturated heterocycles. The van der Waals surface area contributed by atoms with E-state index in [4.69, 9.17) is 0 Å². The number of carbonyl (C=O) groups excluding carboxylic acids is 1. The molecule has 1 heterocycles. The predicted octanol–water partition coefficient (Wildman–Crippen LogP) is 1.77. The van der Waals surface area contributed by atoms with Crippen molar-refractivity contribution in [3.63, 3.8) is 0 Å². The van der Waals surface area contributed by atoms with Gasteiger partial charge in [0.2, 0.25) is 5.91 Å². The first kappa shape index (κ1) is 11.6. The maximum atomic E-state index is 12.0. The molecule has 2 N–H and O–H groups in total. The lowest BCUT2D eigenvalue weighted by Gasteiger charge is -2.36. The summed E-state index contributed by atoms with van der Waals surface area (Å²) in [5.41, 5.74) is 0.467. The van der Waals surface area contributed by atoms with Gasteiger partial charge >= 0.3 is 0 Å². The van der Waals surface area contributed by atoms with Crippen LogP contribution in [0, 0.1) is 0 Å². The van der Waals surface area contributed by atoms with E-state index in [-0.39, 0.29) is 5.91 Å². The van der Waals surface area contributed by atoms with E-state index >= 15 is 0 Å². The summed E-state index contributed by atoms with van der Waals surface area (Å²) in [7, 11) is 0. The molecule has 0 aromatic heterocycles. The van der Waals surface area contributed by atoms with Crippen molar-refractivity contribution in [3.8, 4) is 0 Å². The number of rotatable bonds is 2. The Bertz CT molecular complexity index is 391. The molecule has 1 atom stereocenters. The molecule has 86 valence electrons. The molecular weight excluding hydrogens is 268 g/mol. The maximum Gasteiger partial charge on any atom is 0.244 e. The smallest absolute Gasteiger partial charge is 0.244 e. The van der Waals surface area contributed by atoms with Crippen molar-refractivity contribution in [2.24, 2.45) is 0 Å². The second-order valence-electron chi connectivity index (χ2n) is 3.95. The van der Waals surface area contributed by atoms with Gasteiger partial charge in [0.05, 0.1) is 0 Å². The molecule has 1 aromatic carbocycles. The van der Waals surface area contributed by atoms with Gasteiger partial charge in [-0.1, -0.05) is 35.0 Å². The minimum Gasteiger partial charge on any atom is -0.353 e. The third-order valence-corrected chi connectivity index (χ3v) is 3.62. The summed E-state index contributed by atoms with van der Waals surface area (Å²) in [5, 5.41) is 6.26. The van der Waals surface area contributed by atoms with Crippen molar-refractivity contribution in [2.75, 3.05) is 13.1 Å². The number of hydrogen-bond acceptors (Lipinski definition) is 2. The van der Waals surface area contributed by atoms with Crippen LogP contribution in [-0.2, 0) is 10.3 Å². The summed E-state index contributed by atoms with van der Waals surface area (Å²) < 4.78 is 1.03. The van der Waals surface area contributed by atoms with Gasteiger partial charge in [0, 0.05) is 17.6 Å². The summed E-state index contributed by atoms with van der Waals surface area (Å²) in [6.07, 6.45) is 0.750. The molecule has 1 aliphatic heterocycles. The monoisotopic (exact) mass is 282 g/mol. The number of benzene rings is 1. The van der Waals surface area contributed by atoms with Crippen LogP contribution in [0.15, 0.2) is 28.7 Å². The van der Waals surface area contributed by atoms with E-state index in [9.17, 15) is 4.79 Å². The zero-order valence-corrected chi connectivity index (χ0v) is 10.8. The van der Waals surface area contributed by atoms with Crippen molar-refractivity contribution in [2.45, 2.75) is 18.9 Å². The molecule has 1 fully saturated rings. The second-order valence-corrected chi connectivity index (χ2v) is 4.86. The average Bonchev–Trinajstić information content (AvgIpc) is 2.31. The first-order chi connectivity index (χ1) is 7.69. The lowest BCUT2D eigenvalue weighted by atomic mass is 9.85. The minimum atomic E-state index is -0.557. The summed E-state index contributed by atoms with van der Waals surface area (Å²) in [6, 6.07) is 7.92. The molecule has 1 unspecified atom stereocenters. The van der Waals surface area contributed by atoms with E-state index in [0.29, 0.717) is 6.54 Å². The van der Waals surface area contributed by atoms with E-state index in [0.717, 1.165) is 23.0 Å². The topological polar surface area (TPSA) is 41.1 Å². The molecule has 0 radical (unpaired) electrons. The second kappa shape index (κ2) is 4.55. The van der Waals surface area contributed by atoms with Crippen LogP contribution in [0.1, 0.15) is 18.9 Å². The third kappa shape index (κ3) is 1.87. The Morgan fingerprint density at radius 2 is 2.00 bits per heavy atom. The summed E-state index contributed by atoms with van der Waals surface area (Å²) in [6.45, 7) is 3.55. The molecule has 0 saturated carbocycles. The van der Waals surface area contributed by atoms with E-state index in [2.05, 4.69) is 26.6 Å². The van der Waals surface area contributed by atoms with Crippen LogP contribution in [-0.4, -0.2) is 19.0 Å². The van der Waals surface area contributed by atoms with E-state index in [1.165, 1.54) is 0 Å². The van der Waals surface area contributed by atoms with E-state index < -0.39 is 5.54 Å². The lowest BCUT2D eigenvalue weighted by molar-refractivity contribution is -0.129. The molecule has 16 heavy (non-hydrogen) atoms. The standard InChI is InChI=1S/C12H15BrN2O/c1-2-12(11(16)14-7-8-15-12)9-3-5-10(13)6-4-9/h3-6,15H,2,7-8H2,1H3,(H,14,16). The lowest BCUT2D eigenvalue weighted by Crippen LogP contribution is -2.60. The highest BCUT2D eigenvalue weighted by molar-refractivity contribution is 9.10. The molecule has 3 nitrogen and oxygen atoms in total. The highest BCUT2D eigenvalue weighted by Gasteiger charge is 2.39.